The van der Waals surface area contributed by atoms with Crippen molar-refractivity contribution in [2.75, 3.05) is 13.1 Å². The van der Waals surface area contributed by atoms with Crippen LogP contribution in [0.1, 0.15) is 54.4 Å². The number of carbonyl (C=O) groups excluding carboxylic acids is 2. The zero-order chi connectivity index (χ0) is 19.9. The molecule has 7 heteroatoms. The average Bonchev–Trinajstić information content (AvgIpc) is 3.01. The molecule has 2 amide bonds. The lowest BCUT2D eigenvalue weighted by Crippen LogP contribution is -2.45. The quantitative estimate of drug-likeness (QED) is 0.756. The van der Waals surface area contributed by atoms with Crippen LogP contribution < -0.4 is 5.32 Å². The first kappa shape index (κ1) is 21.2. The van der Waals surface area contributed by atoms with Crippen molar-refractivity contribution in [3.05, 3.63) is 0 Å². The van der Waals surface area contributed by atoms with Crippen molar-refractivity contribution < 1.29 is 18.8 Å². The highest BCUT2D eigenvalue weighted by molar-refractivity contribution is 6.74. The highest BCUT2D eigenvalue weighted by Crippen LogP contribution is 2.40. The van der Waals surface area contributed by atoms with E-state index >= 15 is 0 Å². The van der Waals surface area contributed by atoms with Gasteiger partial charge in [-0.15, -0.1) is 0 Å². The van der Waals surface area contributed by atoms with Crippen LogP contribution in [0.4, 0.5) is 4.79 Å². The standard InChI is InChI=1S/C19H36N2O4Si/c1-18(2,3)24-17(23)21-12-14(25-26(7,8)19(4,5)6)10-15(21)13-9-16(22)20-11-13/h13-15H,9-12H2,1-8H3,(H,20,22). The molecular weight excluding hydrogens is 348 g/mol. The maximum atomic E-state index is 12.8. The second-order valence-electron chi connectivity index (χ2n) is 10.2. The molecule has 2 heterocycles. The molecule has 0 bridgehead atoms. The summed E-state index contributed by atoms with van der Waals surface area (Å²) < 4.78 is 12.2. The summed E-state index contributed by atoms with van der Waals surface area (Å²) in [5, 5.41) is 3.01. The maximum Gasteiger partial charge on any atom is 0.410 e. The van der Waals surface area contributed by atoms with Crippen molar-refractivity contribution in [2.45, 2.75) is 90.3 Å². The molecule has 2 aliphatic heterocycles. The van der Waals surface area contributed by atoms with E-state index in [-0.39, 0.29) is 35.1 Å². The van der Waals surface area contributed by atoms with E-state index < -0.39 is 13.9 Å². The third-order valence-corrected chi connectivity index (χ3v) is 10.3. The minimum Gasteiger partial charge on any atom is -0.444 e. The van der Waals surface area contributed by atoms with Crippen molar-refractivity contribution in [1.29, 1.82) is 0 Å². The Labute approximate surface area is 159 Å². The Morgan fingerprint density at radius 1 is 1.19 bits per heavy atom. The fourth-order valence-electron chi connectivity index (χ4n) is 3.38. The second-order valence-corrected chi connectivity index (χ2v) is 15.0. The zero-order valence-corrected chi connectivity index (χ0v) is 18.6. The fraction of sp³-hybridized carbons (Fsp3) is 0.895. The first-order valence-electron chi connectivity index (χ1n) is 9.64. The number of hydrogen-bond acceptors (Lipinski definition) is 4. The van der Waals surface area contributed by atoms with Crippen molar-refractivity contribution in [1.82, 2.24) is 10.2 Å². The monoisotopic (exact) mass is 384 g/mol. The molecule has 3 unspecified atom stereocenters. The number of hydrogen-bond donors (Lipinski definition) is 1. The van der Waals surface area contributed by atoms with Crippen LogP contribution in [0, 0.1) is 5.92 Å². The molecule has 1 N–H and O–H groups in total. The Morgan fingerprint density at radius 2 is 1.81 bits per heavy atom. The summed E-state index contributed by atoms with van der Waals surface area (Å²) in [5.41, 5.74) is -0.538. The van der Waals surface area contributed by atoms with Gasteiger partial charge in [-0.25, -0.2) is 4.79 Å². The van der Waals surface area contributed by atoms with Gasteiger partial charge in [-0.1, -0.05) is 20.8 Å². The van der Waals surface area contributed by atoms with Crippen molar-refractivity contribution >= 4 is 20.3 Å². The lowest BCUT2D eigenvalue weighted by atomic mass is 9.96. The number of nitrogens with zero attached hydrogens (tertiary/aromatic N) is 1. The van der Waals surface area contributed by atoms with Crippen LogP contribution in [0.15, 0.2) is 0 Å². The number of likely N-dealkylation sites (tertiary alicyclic amines) is 1. The van der Waals surface area contributed by atoms with E-state index in [1.165, 1.54) is 0 Å². The number of carbonyl (C=O) groups is 2. The molecule has 150 valence electrons. The predicted octanol–water partition coefficient (Wildman–Crippen LogP) is 3.52. The second kappa shape index (κ2) is 7.15. The van der Waals surface area contributed by atoms with Crippen molar-refractivity contribution in [3.8, 4) is 0 Å². The van der Waals surface area contributed by atoms with Gasteiger partial charge in [-0.05, 0) is 45.3 Å². The summed E-state index contributed by atoms with van der Waals surface area (Å²) in [7, 11) is -1.93. The zero-order valence-electron chi connectivity index (χ0n) is 17.6. The summed E-state index contributed by atoms with van der Waals surface area (Å²) >= 11 is 0. The van der Waals surface area contributed by atoms with Crippen LogP contribution in [0.3, 0.4) is 0 Å². The smallest absolute Gasteiger partial charge is 0.410 e. The molecule has 0 radical (unpaired) electrons. The van der Waals surface area contributed by atoms with Crippen LogP contribution in [-0.2, 0) is 14.0 Å². The Hall–Kier alpha value is -1.08. The Balaban J connectivity index is 2.15. The van der Waals surface area contributed by atoms with Gasteiger partial charge in [-0.2, -0.15) is 0 Å². The van der Waals surface area contributed by atoms with Gasteiger partial charge >= 0.3 is 6.09 Å². The van der Waals surface area contributed by atoms with Gasteiger partial charge in [0.25, 0.3) is 0 Å². The normalized spacial score (nSPS) is 27.6. The molecule has 2 saturated heterocycles. The van der Waals surface area contributed by atoms with E-state index in [4.69, 9.17) is 9.16 Å². The van der Waals surface area contributed by atoms with E-state index in [0.717, 1.165) is 6.42 Å². The average molecular weight is 385 g/mol. The number of ether oxygens (including phenoxy) is 1. The maximum absolute atomic E-state index is 12.8. The number of nitrogens with one attached hydrogen (secondary N) is 1. The van der Waals surface area contributed by atoms with E-state index in [9.17, 15) is 9.59 Å². The molecule has 0 aromatic rings. The van der Waals surface area contributed by atoms with Gasteiger partial charge < -0.3 is 19.4 Å². The summed E-state index contributed by atoms with van der Waals surface area (Å²) in [5.74, 6) is 0.191. The van der Waals surface area contributed by atoms with Gasteiger partial charge in [0.05, 0.1) is 6.10 Å². The Kier molecular flexibility index (Phi) is 5.83. The molecule has 0 aromatic carbocycles. The SMILES string of the molecule is CC(C)(C)OC(=O)N1CC(O[Si](C)(C)C(C)(C)C)CC1C1CNC(=O)C1. The summed E-state index contributed by atoms with van der Waals surface area (Å²) in [6.45, 7) is 17.9. The van der Waals surface area contributed by atoms with Gasteiger partial charge in [0, 0.05) is 31.5 Å². The van der Waals surface area contributed by atoms with Crippen LogP contribution in [0.25, 0.3) is 0 Å². The lowest BCUT2D eigenvalue weighted by molar-refractivity contribution is -0.119. The highest BCUT2D eigenvalue weighted by Gasteiger charge is 2.47. The number of amides is 2. The number of rotatable bonds is 3. The van der Waals surface area contributed by atoms with E-state index in [0.29, 0.717) is 19.5 Å². The topological polar surface area (TPSA) is 67.9 Å². The summed E-state index contributed by atoms with van der Waals surface area (Å²) in [4.78, 5) is 26.3. The minimum atomic E-state index is -1.93. The molecule has 0 aromatic heterocycles. The molecule has 3 atom stereocenters. The fourth-order valence-corrected chi connectivity index (χ4v) is 4.74. The molecule has 2 rings (SSSR count). The minimum absolute atomic E-state index is 0.00381. The molecule has 2 aliphatic rings. The van der Waals surface area contributed by atoms with Crippen molar-refractivity contribution in [2.24, 2.45) is 5.92 Å². The Morgan fingerprint density at radius 3 is 2.27 bits per heavy atom. The van der Waals surface area contributed by atoms with Crippen LogP contribution in [0.2, 0.25) is 18.1 Å². The van der Waals surface area contributed by atoms with E-state index in [2.05, 4.69) is 39.2 Å². The van der Waals surface area contributed by atoms with Crippen LogP contribution in [0.5, 0.6) is 0 Å². The molecule has 0 aliphatic carbocycles. The highest BCUT2D eigenvalue weighted by atomic mass is 28.4. The molecule has 0 saturated carbocycles. The van der Waals surface area contributed by atoms with Gasteiger partial charge in [0.1, 0.15) is 5.60 Å². The van der Waals surface area contributed by atoms with Crippen LogP contribution in [-0.4, -0.2) is 56.1 Å². The summed E-state index contributed by atoms with van der Waals surface area (Å²) in [6.07, 6.45) is 0.939. The third-order valence-electron chi connectivity index (χ3n) is 5.75. The van der Waals surface area contributed by atoms with E-state index in [1.54, 1.807) is 4.90 Å². The van der Waals surface area contributed by atoms with Gasteiger partial charge in [-0.3, -0.25) is 4.79 Å². The lowest BCUT2D eigenvalue weighted by Gasteiger charge is -2.38. The van der Waals surface area contributed by atoms with E-state index in [1.807, 2.05) is 20.8 Å². The van der Waals surface area contributed by atoms with Gasteiger partial charge in [0.15, 0.2) is 8.32 Å². The predicted molar refractivity (Wildman–Crippen MR) is 105 cm³/mol. The van der Waals surface area contributed by atoms with Crippen LogP contribution >= 0.6 is 0 Å². The molecule has 2 fully saturated rings. The first-order valence-corrected chi connectivity index (χ1v) is 12.5. The van der Waals surface area contributed by atoms with Gasteiger partial charge in [0.2, 0.25) is 5.91 Å². The summed E-state index contributed by atoms with van der Waals surface area (Å²) in [6, 6.07) is -0.0152. The molecule has 6 nitrogen and oxygen atoms in total. The largest absolute Gasteiger partial charge is 0.444 e. The third kappa shape index (κ3) is 5.00. The first-order chi connectivity index (χ1) is 11.7. The van der Waals surface area contributed by atoms with Crippen molar-refractivity contribution in [3.63, 3.8) is 0 Å². The molecule has 26 heavy (non-hydrogen) atoms. The molecular formula is C19H36N2O4Si. The molecule has 0 spiro atoms. The Bertz CT molecular complexity index is 551.